The molecule has 0 bridgehead atoms. The summed E-state index contributed by atoms with van der Waals surface area (Å²) < 4.78 is 31.6. The number of hydrogen-bond acceptors (Lipinski definition) is 2. The van der Waals surface area contributed by atoms with E-state index in [4.69, 9.17) is 9.84 Å². The fourth-order valence-electron chi connectivity index (χ4n) is 1.36. The second kappa shape index (κ2) is 6.43. The minimum absolute atomic E-state index is 0.170. The number of rotatable bonds is 6. The maximum Gasteiger partial charge on any atom is 0.135 e. The van der Waals surface area contributed by atoms with Crippen LogP contribution in [0.25, 0.3) is 0 Å². The molecule has 1 aromatic carbocycles. The predicted octanol–water partition coefficient (Wildman–Crippen LogP) is 3.03. The van der Waals surface area contributed by atoms with Gasteiger partial charge in [0.15, 0.2) is 0 Å². The fourth-order valence-corrected chi connectivity index (χ4v) is 1.36. The van der Waals surface area contributed by atoms with E-state index in [0.717, 1.165) is 31.4 Å². The first-order chi connectivity index (χ1) is 7.69. The first-order valence-corrected chi connectivity index (χ1v) is 5.40. The summed E-state index contributed by atoms with van der Waals surface area (Å²) in [5.41, 5.74) is -0.319. The zero-order valence-corrected chi connectivity index (χ0v) is 9.30. The summed E-state index contributed by atoms with van der Waals surface area (Å²) >= 11 is 0. The molecular formula is C12H16F2O2. The lowest BCUT2D eigenvalue weighted by Gasteiger charge is -2.08. The van der Waals surface area contributed by atoms with Crippen LogP contribution in [-0.2, 0) is 6.61 Å². The minimum Gasteiger partial charge on any atom is -0.493 e. The van der Waals surface area contributed by atoms with Gasteiger partial charge in [0.2, 0.25) is 0 Å². The molecule has 4 heteroatoms. The van der Waals surface area contributed by atoms with Crippen LogP contribution in [0.2, 0.25) is 0 Å². The molecule has 0 aromatic heterocycles. The molecule has 0 aliphatic heterocycles. The highest BCUT2D eigenvalue weighted by atomic mass is 19.1. The molecule has 0 atom stereocenters. The van der Waals surface area contributed by atoms with Gasteiger partial charge in [-0.2, -0.15) is 0 Å². The van der Waals surface area contributed by atoms with Gasteiger partial charge in [-0.1, -0.05) is 19.8 Å². The van der Waals surface area contributed by atoms with Gasteiger partial charge in [-0.05, 0) is 6.42 Å². The Hall–Kier alpha value is -1.16. The van der Waals surface area contributed by atoms with Crippen molar-refractivity contribution in [1.82, 2.24) is 0 Å². The average Bonchev–Trinajstić information content (AvgIpc) is 2.24. The number of aliphatic hydroxyl groups is 1. The number of hydrogen-bond donors (Lipinski definition) is 1. The van der Waals surface area contributed by atoms with Gasteiger partial charge in [0.05, 0.1) is 13.2 Å². The molecule has 0 unspecified atom stereocenters. The zero-order chi connectivity index (χ0) is 12.0. The normalized spacial score (nSPS) is 10.5. The summed E-state index contributed by atoms with van der Waals surface area (Å²) in [4.78, 5) is 0. The van der Waals surface area contributed by atoms with Crippen molar-refractivity contribution in [2.75, 3.05) is 6.61 Å². The SMILES string of the molecule is CCCCCOc1cc(F)c(CO)c(F)c1. The molecule has 0 heterocycles. The van der Waals surface area contributed by atoms with Crippen LogP contribution in [0, 0.1) is 11.6 Å². The molecule has 16 heavy (non-hydrogen) atoms. The van der Waals surface area contributed by atoms with Gasteiger partial charge < -0.3 is 9.84 Å². The summed E-state index contributed by atoms with van der Waals surface area (Å²) in [6, 6.07) is 2.20. The number of ether oxygens (including phenoxy) is 1. The molecule has 0 saturated carbocycles. The molecule has 0 amide bonds. The maximum atomic E-state index is 13.2. The van der Waals surface area contributed by atoms with E-state index in [1.54, 1.807) is 0 Å². The molecule has 0 fully saturated rings. The molecule has 0 aliphatic rings. The Balaban J connectivity index is 2.61. The van der Waals surface area contributed by atoms with Crippen molar-refractivity contribution >= 4 is 0 Å². The van der Waals surface area contributed by atoms with Crippen LogP contribution in [0.4, 0.5) is 8.78 Å². The van der Waals surface area contributed by atoms with Crippen molar-refractivity contribution < 1.29 is 18.6 Å². The molecule has 2 nitrogen and oxygen atoms in total. The maximum absolute atomic E-state index is 13.2. The van der Waals surface area contributed by atoms with E-state index in [1.165, 1.54) is 0 Å². The lowest BCUT2D eigenvalue weighted by molar-refractivity contribution is 0.266. The van der Waals surface area contributed by atoms with Crippen LogP contribution >= 0.6 is 0 Å². The second-order valence-corrected chi connectivity index (χ2v) is 3.58. The van der Waals surface area contributed by atoms with E-state index < -0.39 is 18.2 Å². The van der Waals surface area contributed by atoms with Gasteiger partial charge in [0.25, 0.3) is 0 Å². The number of benzene rings is 1. The highest BCUT2D eigenvalue weighted by molar-refractivity contribution is 5.30. The summed E-state index contributed by atoms with van der Waals surface area (Å²) in [6.07, 6.45) is 2.96. The van der Waals surface area contributed by atoms with E-state index in [-0.39, 0.29) is 11.3 Å². The number of unbranched alkanes of at least 4 members (excludes halogenated alkanes) is 2. The first kappa shape index (κ1) is 12.9. The second-order valence-electron chi connectivity index (χ2n) is 3.58. The molecule has 0 aliphatic carbocycles. The molecular weight excluding hydrogens is 214 g/mol. The molecule has 1 N–H and O–H groups in total. The van der Waals surface area contributed by atoms with E-state index in [0.29, 0.717) is 6.61 Å². The molecule has 1 rings (SSSR count). The third kappa shape index (κ3) is 3.45. The molecule has 1 aromatic rings. The van der Waals surface area contributed by atoms with E-state index in [1.807, 2.05) is 0 Å². The smallest absolute Gasteiger partial charge is 0.135 e. The Labute approximate surface area is 93.9 Å². The van der Waals surface area contributed by atoms with Gasteiger partial charge in [-0.15, -0.1) is 0 Å². The quantitative estimate of drug-likeness (QED) is 0.761. The lowest BCUT2D eigenvalue weighted by Crippen LogP contribution is -2.01. The fraction of sp³-hybridized carbons (Fsp3) is 0.500. The Kier molecular flexibility index (Phi) is 5.19. The van der Waals surface area contributed by atoms with Crippen molar-refractivity contribution in [1.29, 1.82) is 0 Å². The monoisotopic (exact) mass is 230 g/mol. The van der Waals surface area contributed by atoms with Gasteiger partial charge >= 0.3 is 0 Å². The summed E-state index contributed by atoms with van der Waals surface area (Å²) in [5.74, 6) is -1.37. The van der Waals surface area contributed by atoms with E-state index in [9.17, 15) is 8.78 Å². The van der Waals surface area contributed by atoms with Gasteiger partial charge in [0, 0.05) is 17.7 Å². The highest BCUT2D eigenvalue weighted by Crippen LogP contribution is 2.20. The van der Waals surface area contributed by atoms with Crippen molar-refractivity contribution in [3.05, 3.63) is 29.3 Å². The Morgan fingerprint density at radius 3 is 2.31 bits per heavy atom. The summed E-state index contributed by atoms with van der Waals surface area (Å²) in [5, 5.41) is 8.72. The summed E-state index contributed by atoms with van der Waals surface area (Å²) in [7, 11) is 0. The predicted molar refractivity (Wildman–Crippen MR) is 57.3 cm³/mol. The topological polar surface area (TPSA) is 29.5 Å². The summed E-state index contributed by atoms with van der Waals surface area (Å²) in [6.45, 7) is 1.87. The number of aliphatic hydroxyl groups excluding tert-OH is 1. The van der Waals surface area contributed by atoms with Crippen molar-refractivity contribution in [3.8, 4) is 5.75 Å². The van der Waals surface area contributed by atoms with Crippen LogP contribution in [0.5, 0.6) is 5.75 Å². The average molecular weight is 230 g/mol. The zero-order valence-electron chi connectivity index (χ0n) is 9.30. The van der Waals surface area contributed by atoms with Gasteiger partial charge in [-0.25, -0.2) is 8.78 Å². The largest absolute Gasteiger partial charge is 0.493 e. The van der Waals surface area contributed by atoms with Crippen molar-refractivity contribution in [2.24, 2.45) is 0 Å². The Bertz CT molecular complexity index is 317. The molecule has 0 spiro atoms. The van der Waals surface area contributed by atoms with Gasteiger partial charge in [-0.3, -0.25) is 0 Å². The van der Waals surface area contributed by atoms with Crippen LogP contribution in [0.15, 0.2) is 12.1 Å². The van der Waals surface area contributed by atoms with Crippen LogP contribution < -0.4 is 4.74 Å². The van der Waals surface area contributed by atoms with Crippen molar-refractivity contribution in [2.45, 2.75) is 32.8 Å². The molecule has 0 saturated heterocycles. The molecule has 90 valence electrons. The van der Waals surface area contributed by atoms with Crippen LogP contribution in [0.3, 0.4) is 0 Å². The van der Waals surface area contributed by atoms with Gasteiger partial charge in [0.1, 0.15) is 17.4 Å². The van der Waals surface area contributed by atoms with Crippen LogP contribution in [-0.4, -0.2) is 11.7 Å². The lowest BCUT2D eigenvalue weighted by atomic mass is 10.2. The number of halogens is 2. The van der Waals surface area contributed by atoms with E-state index in [2.05, 4.69) is 6.92 Å². The third-order valence-electron chi connectivity index (χ3n) is 2.29. The first-order valence-electron chi connectivity index (χ1n) is 5.40. The molecule has 0 radical (unpaired) electrons. The van der Waals surface area contributed by atoms with E-state index >= 15 is 0 Å². The third-order valence-corrected chi connectivity index (χ3v) is 2.29. The highest BCUT2D eigenvalue weighted by Gasteiger charge is 2.10. The van der Waals surface area contributed by atoms with Crippen molar-refractivity contribution in [3.63, 3.8) is 0 Å². The standard InChI is InChI=1S/C12H16F2O2/c1-2-3-4-5-16-9-6-11(13)10(8-15)12(14)7-9/h6-7,15H,2-5,8H2,1H3. The Morgan fingerprint density at radius 2 is 1.81 bits per heavy atom. The Morgan fingerprint density at radius 1 is 1.19 bits per heavy atom. The minimum atomic E-state index is -0.770. The van der Waals surface area contributed by atoms with Crippen LogP contribution in [0.1, 0.15) is 31.7 Å².